The van der Waals surface area contributed by atoms with Crippen LogP contribution in [0.15, 0.2) is 47.8 Å². The maximum Gasteiger partial charge on any atom is 0.306 e. The second kappa shape index (κ2) is 9.23. The summed E-state index contributed by atoms with van der Waals surface area (Å²) in [7, 11) is 0. The molecule has 128 valence electrons. The van der Waals surface area contributed by atoms with E-state index in [1.165, 1.54) is 0 Å². The Balaban J connectivity index is 1.93. The van der Waals surface area contributed by atoms with Crippen molar-refractivity contribution in [3.05, 3.63) is 58.3 Å². The zero-order valence-electron chi connectivity index (χ0n) is 14.0. The first-order valence-electron chi connectivity index (χ1n) is 8.09. The van der Waals surface area contributed by atoms with Crippen molar-refractivity contribution in [3.8, 4) is 0 Å². The molecule has 5 heteroatoms. The summed E-state index contributed by atoms with van der Waals surface area (Å²) >= 11 is 1.58. The zero-order chi connectivity index (χ0) is 17.4. The highest BCUT2D eigenvalue weighted by molar-refractivity contribution is 7.10. The number of nitrogens with one attached hydrogen (secondary N) is 1. The lowest BCUT2D eigenvalue weighted by molar-refractivity contribution is -0.148. The van der Waals surface area contributed by atoms with Gasteiger partial charge in [-0.25, -0.2) is 0 Å². The Bertz CT molecular complexity index is 638. The summed E-state index contributed by atoms with van der Waals surface area (Å²) in [5.41, 5.74) is 0.999. The second-order valence-electron chi connectivity index (χ2n) is 6.02. The van der Waals surface area contributed by atoms with E-state index in [0.29, 0.717) is 12.3 Å². The Labute approximate surface area is 146 Å². The van der Waals surface area contributed by atoms with E-state index in [9.17, 15) is 9.59 Å². The zero-order valence-corrected chi connectivity index (χ0v) is 14.8. The molecule has 0 saturated carbocycles. The second-order valence-corrected chi connectivity index (χ2v) is 7.00. The van der Waals surface area contributed by atoms with Gasteiger partial charge in [0.05, 0.1) is 6.04 Å². The Morgan fingerprint density at radius 2 is 1.88 bits per heavy atom. The van der Waals surface area contributed by atoms with Gasteiger partial charge < -0.3 is 10.1 Å². The van der Waals surface area contributed by atoms with Crippen molar-refractivity contribution in [1.82, 2.24) is 5.32 Å². The largest absolute Gasteiger partial charge is 0.456 e. The minimum atomic E-state index is -0.328. The van der Waals surface area contributed by atoms with Gasteiger partial charge in [-0.05, 0) is 29.3 Å². The van der Waals surface area contributed by atoms with Crippen LogP contribution in [0.2, 0.25) is 0 Å². The molecule has 2 aromatic rings. The standard InChI is InChI=1S/C19H23NO3S/c1-14(2)10-11-18(22)23-13-17(21)20-19(16-9-6-12-24-16)15-7-4-3-5-8-15/h3-9,12,14,19H,10-11,13H2,1-2H3,(H,20,21)/t19-/m0/s1. The summed E-state index contributed by atoms with van der Waals surface area (Å²) in [5.74, 6) is -0.186. The smallest absolute Gasteiger partial charge is 0.306 e. The van der Waals surface area contributed by atoms with Gasteiger partial charge in [-0.15, -0.1) is 11.3 Å². The lowest BCUT2D eigenvalue weighted by Crippen LogP contribution is -2.32. The van der Waals surface area contributed by atoms with E-state index in [2.05, 4.69) is 5.32 Å². The van der Waals surface area contributed by atoms with Crippen molar-refractivity contribution >= 4 is 23.2 Å². The van der Waals surface area contributed by atoms with E-state index in [-0.39, 0.29) is 24.5 Å². The predicted octanol–water partition coefficient (Wildman–Crippen LogP) is 3.93. The summed E-state index contributed by atoms with van der Waals surface area (Å²) in [4.78, 5) is 24.9. The molecule has 1 amide bonds. The van der Waals surface area contributed by atoms with Gasteiger partial charge in [-0.3, -0.25) is 9.59 Å². The summed E-state index contributed by atoms with van der Waals surface area (Å²) in [5, 5.41) is 4.93. The predicted molar refractivity (Wildman–Crippen MR) is 95.8 cm³/mol. The monoisotopic (exact) mass is 345 g/mol. The number of hydrogen-bond acceptors (Lipinski definition) is 4. The molecule has 0 aliphatic rings. The van der Waals surface area contributed by atoms with Gasteiger partial charge in [0.2, 0.25) is 0 Å². The Hall–Kier alpha value is -2.14. The molecule has 0 aliphatic carbocycles. The maximum atomic E-state index is 12.2. The lowest BCUT2D eigenvalue weighted by Gasteiger charge is -2.18. The first-order chi connectivity index (χ1) is 11.6. The van der Waals surface area contributed by atoms with Crippen LogP contribution in [0.5, 0.6) is 0 Å². The molecule has 0 unspecified atom stereocenters. The number of benzene rings is 1. The third kappa shape index (κ3) is 5.81. The molecule has 0 fully saturated rings. The van der Waals surface area contributed by atoms with Gasteiger partial charge in [0.1, 0.15) is 0 Å². The molecule has 1 N–H and O–H groups in total. The van der Waals surface area contributed by atoms with Gasteiger partial charge in [0.25, 0.3) is 5.91 Å². The summed E-state index contributed by atoms with van der Waals surface area (Å²) in [6.45, 7) is 3.85. The first kappa shape index (κ1) is 18.2. The number of carbonyl (C=O) groups excluding carboxylic acids is 2. The highest BCUT2D eigenvalue weighted by Gasteiger charge is 2.18. The van der Waals surface area contributed by atoms with Crippen LogP contribution in [0.3, 0.4) is 0 Å². The van der Waals surface area contributed by atoms with Crippen LogP contribution in [-0.4, -0.2) is 18.5 Å². The summed E-state index contributed by atoms with van der Waals surface area (Å²) in [6, 6.07) is 13.5. The Kier molecular flexibility index (Phi) is 7.00. The lowest BCUT2D eigenvalue weighted by atomic mass is 10.1. The average Bonchev–Trinajstić information content (AvgIpc) is 3.11. The van der Waals surface area contributed by atoms with E-state index >= 15 is 0 Å². The van der Waals surface area contributed by atoms with Crippen molar-refractivity contribution in [1.29, 1.82) is 0 Å². The third-order valence-corrected chi connectivity index (χ3v) is 4.49. The molecule has 0 saturated heterocycles. The van der Waals surface area contributed by atoms with Gasteiger partial charge in [-0.2, -0.15) is 0 Å². The first-order valence-corrected chi connectivity index (χ1v) is 8.97. The highest BCUT2D eigenvalue weighted by Crippen LogP contribution is 2.25. The fourth-order valence-electron chi connectivity index (χ4n) is 2.25. The van der Waals surface area contributed by atoms with E-state index in [1.54, 1.807) is 11.3 Å². The van der Waals surface area contributed by atoms with Crippen molar-refractivity contribution < 1.29 is 14.3 Å². The molecule has 0 bridgehead atoms. The van der Waals surface area contributed by atoms with Crippen LogP contribution in [0.1, 0.15) is 43.2 Å². The molecule has 0 radical (unpaired) electrons. The topological polar surface area (TPSA) is 55.4 Å². The maximum absolute atomic E-state index is 12.2. The van der Waals surface area contributed by atoms with E-state index in [0.717, 1.165) is 16.9 Å². The molecule has 1 atom stereocenters. The molecule has 0 spiro atoms. The highest BCUT2D eigenvalue weighted by atomic mass is 32.1. The van der Waals surface area contributed by atoms with Crippen LogP contribution in [0, 0.1) is 5.92 Å². The summed E-state index contributed by atoms with van der Waals surface area (Å²) in [6.07, 6.45) is 1.11. The quantitative estimate of drug-likeness (QED) is 0.738. The molecule has 24 heavy (non-hydrogen) atoms. The number of rotatable bonds is 8. The van der Waals surface area contributed by atoms with E-state index in [1.807, 2.05) is 61.7 Å². The molecule has 0 aliphatic heterocycles. The minimum Gasteiger partial charge on any atom is -0.456 e. The van der Waals surface area contributed by atoms with Crippen LogP contribution >= 0.6 is 11.3 Å². The van der Waals surface area contributed by atoms with Crippen LogP contribution in [-0.2, 0) is 14.3 Å². The number of thiophene rings is 1. The molecular formula is C19H23NO3S. The van der Waals surface area contributed by atoms with Crippen LogP contribution in [0.4, 0.5) is 0 Å². The molecule has 2 rings (SSSR count). The Morgan fingerprint density at radius 1 is 1.12 bits per heavy atom. The van der Waals surface area contributed by atoms with Crippen LogP contribution < -0.4 is 5.32 Å². The fourth-order valence-corrected chi connectivity index (χ4v) is 3.05. The molecular weight excluding hydrogens is 322 g/mol. The molecule has 1 aromatic carbocycles. The Morgan fingerprint density at radius 3 is 2.50 bits per heavy atom. The number of hydrogen-bond donors (Lipinski definition) is 1. The van der Waals surface area contributed by atoms with Crippen molar-refractivity contribution in [3.63, 3.8) is 0 Å². The van der Waals surface area contributed by atoms with Gasteiger partial charge >= 0.3 is 5.97 Å². The normalized spacial score (nSPS) is 12.0. The van der Waals surface area contributed by atoms with Crippen molar-refractivity contribution in [2.75, 3.05) is 6.61 Å². The van der Waals surface area contributed by atoms with Crippen molar-refractivity contribution in [2.45, 2.75) is 32.7 Å². The number of amides is 1. The van der Waals surface area contributed by atoms with Crippen LogP contribution in [0.25, 0.3) is 0 Å². The van der Waals surface area contributed by atoms with E-state index in [4.69, 9.17) is 4.74 Å². The fraction of sp³-hybridized carbons (Fsp3) is 0.368. The van der Waals surface area contributed by atoms with E-state index < -0.39 is 0 Å². The third-order valence-electron chi connectivity index (χ3n) is 3.56. The number of esters is 1. The van der Waals surface area contributed by atoms with Gasteiger partial charge in [0, 0.05) is 11.3 Å². The van der Waals surface area contributed by atoms with Crippen molar-refractivity contribution in [2.24, 2.45) is 5.92 Å². The van der Waals surface area contributed by atoms with Gasteiger partial charge in [0.15, 0.2) is 6.61 Å². The molecule has 1 heterocycles. The number of carbonyl (C=O) groups is 2. The SMILES string of the molecule is CC(C)CCC(=O)OCC(=O)N[C@@H](c1ccccc1)c1cccs1. The number of ether oxygens (including phenoxy) is 1. The molecule has 4 nitrogen and oxygen atoms in total. The average molecular weight is 345 g/mol. The summed E-state index contributed by atoms with van der Waals surface area (Å²) < 4.78 is 5.06. The minimum absolute atomic E-state index is 0.229. The van der Waals surface area contributed by atoms with Gasteiger partial charge in [-0.1, -0.05) is 50.2 Å². The molecule has 1 aromatic heterocycles.